The minimum absolute atomic E-state index is 0.136. The van der Waals surface area contributed by atoms with E-state index in [0.29, 0.717) is 26.1 Å². The van der Waals surface area contributed by atoms with Gasteiger partial charge in [0, 0.05) is 24.0 Å². The summed E-state index contributed by atoms with van der Waals surface area (Å²) in [5.74, 6) is 1.74. The molecule has 0 aromatic heterocycles. The smallest absolute Gasteiger partial charge is 0.139 e. The van der Waals surface area contributed by atoms with Crippen molar-refractivity contribution in [2.45, 2.75) is 26.7 Å². The van der Waals surface area contributed by atoms with E-state index in [-0.39, 0.29) is 5.78 Å². The van der Waals surface area contributed by atoms with Crippen LogP contribution in [0.5, 0.6) is 11.5 Å². The van der Waals surface area contributed by atoms with Gasteiger partial charge in [-0.1, -0.05) is 60.7 Å². The van der Waals surface area contributed by atoms with Crippen molar-refractivity contribution in [1.29, 1.82) is 0 Å². The summed E-state index contributed by atoms with van der Waals surface area (Å²) in [6, 6.07) is 15.6. The Morgan fingerprint density at radius 2 is 1.19 bits per heavy atom. The van der Waals surface area contributed by atoms with Gasteiger partial charge in [0.1, 0.15) is 17.3 Å². The number of para-hydroxylation sites is 2. The molecule has 0 spiro atoms. The molecule has 0 amide bonds. The molecule has 0 saturated carbocycles. The Balaban J connectivity index is 1.75. The highest BCUT2D eigenvalue weighted by atomic mass is 16.5. The van der Waals surface area contributed by atoms with E-state index in [0.717, 1.165) is 22.6 Å². The lowest BCUT2D eigenvalue weighted by Gasteiger charge is -2.10. The highest BCUT2D eigenvalue weighted by Crippen LogP contribution is 2.20. The third-order valence-electron chi connectivity index (χ3n) is 3.81. The van der Waals surface area contributed by atoms with E-state index < -0.39 is 0 Å². The van der Waals surface area contributed by atoms with Crippen molar-refractivity contribution in [1.82, 2.24) is 0 Å². The monoisotopic (exact) mass is 350 g/mol. The van der Waals surface area contributed by atoms with E-state index >= 15 is 0 Å². The number of Topliss-reactive ketones (excluding diaryl/α,β-unsaturated/α-hetero) is 1. The number of carbonyl (C=O) groups is 1. The van der Waals surface area contributed by atoms with Crippen LogP contribution < -0.4 is 9.47 Å². The number of benzene rings is 2. The lowest BCUT2D eigenvalue weighted by molar-refractivity contribution is -0.120. The Labute approximate surface area is 156 Å². The van der Waals surface area contributed by atoms with Gasteiger partial charge in [0.25, 0.3) is 0 Å². The van der Waals surface area contributed by atoms with Crippen molar-refractivity contribution in [3.8, 4) is 11.5 Å². The van der Waals surface area contributed by atoms with Crippen LogP contribution in [0.3, 0.4) is 0 Å². The van der Waals surface area contributed by atoms with Gasteiger partial charge in [0.05, 0.1) is 13.2 Å². The summed E-state index contributed by atoms with van der Waals surface area (Å²) in [6.45, 7) is 4.69. The summed E-state index contributed by atoms with van der Waals surface area (Å²) in [5, 5.41) is 0. The Morgan fingerprint density at radius 3 is 1.62 bits per heavy atom. The van der Waals surface area contributed by atoms with Crippen LogP contribution in [0.15, 0.2) is 60.7 Å². The lowest BCUT2D eigenvalue weighted by Crippen LogP contribution is -2.11. The average Bonchev–Trinajstić information content (AvgIpc) is 2.65. The van der Waals surface area contributed by atoms with E-state index in [1.165, 1.54) is 0 Å². The summed E-state index contributed by atoms with van der Waals surface area (Å²) < 4.78 is 11.5. The molecule has 0 atom stereocenters. The van der Waals surface area contributed by atoms with Crippen LogP contribution in [0, 0.1) is 0 Å². The molecule has 26 heavy (non-hydrogen) atoms. The van der Waals surface area contributed by atoms with Gasteiger partial charge in [-0.15, -0.1) is 0 Å². The third kappa shape index (κ3) is 6.25. The maximum atomic E-state index is 12.1. The van der Waals surface area contributed by atoms with E-state index in [4.69, 9.17) is 9.47 Å². The zero-order valence-electron chi connectivity index (χ0n) is 15.5. The fourth-order valence-electron chi connectivity index (χ4n) is 2.53. The van der Waals surface area contributed by atoms with Crippen molar-refractivity contribution in [2.24, 2.45) is 0 Å². The molecule has 0 aliphatic carbocycles. The number of ketones is 1. The fraction of sp³-hybridized carbons (Fsp3) is 0.261. The molecule has 0 heterocycles. The van der Waals surface area contributed by atoms with Gasteiger partial charge in [-0.2, -0.15) is 0 Å². The van der Waals surface area contributed by atoms with Gasteiger partial charge in [-0.05, 0) is 26.0 Å². The fourth-order valence-corrected chi connectivity index (χ4v) is 2.53. The van der Waals surface area contributed by atoms with Gasteiger partial charge in [-0.25, -0.2) is 0 Å². The lowest BCUT2D eigenvalue weighted by atomic mass is 10.2. The van der Waals surface area contributed by atoms with Crippen molar-refractivity contribution < 1.29 is 14.3 Å². The standard InChI is InChI=1S/C23H26O3/c1-3-9-19-11-5-7-13-22(19)25-17-15-21(24)16-18-26-23-14-8-6-12-20(23)10-4-2/h3-14H,15-18H2,1-2H3. The van der Waals surface area contributed by atoms with Crippen molar-refractivity contribution in [3.05, 3.63) is 71.8 Å². The number of carbonyl (C=O) groups excluding carboxylic acids is 1. The molecule has 2 aromatic rings. The topological polar surface area (TPSA) is 35.5 Å². The molecule has 0 N–H and O–H groups in total. The van der Waals surface area contributed by atoms with E-state index in [2.05, 4.69) is 0 Å². The maximum Gasteiger partial charge on any atom is 0.139 e. The second kappa shape index (κ2) is 10.9. The normalized spacial score (nSPS) is 11.2. The largest absolute Gasteiger partial charge is 0.493 e. The zero-order valence-corrected chi connectivity index (χ0v) is 15.5. The van der Waals surface area contributed by atoms with E-state index in [1.807, 2.05) is 86.7 Å². The molecule has 0 aliphatic rings. The summed E-state index contributed by atoms with van der Waals surface area (Å²) in [6.07, 6.45) is 8.68. The van der Waals surface area contributed by atoms with Gasteiger partial charge < -0.3 is 9.47 Å². The Hall–Kier alpha value is -2.81. The SMILES string of the molecule is CC=Cc1ccccc1OCCC(=O)CCOc1ccccc1C=CC. The van der Waals surface area contributed by atoms with E-state index in [9.17, 15) is 4.79 Å². The second-order valence-corrected chi connectivity index (χ2v) is 5.81. The minimum atomic E-state index is 0.136. The first-order valence-electron chi connectivity index (χ1n) is 8.95. The maximum absolute atomic E-state index is 12.1. The van der Waals surface area contributed by atoms with Crippen LogP contribution in [0.2, 0.25) is 0 Å². The number of hydrogen-bond acceptors (Lipinski definition) is 3. The van der Waals surface area contributed by atoms with E-state index in [1.54, 1.807) is 0 Å². The minimum Gasteiger partial charge on any atom is -0.493 e. The van der Waals surface area contributed by atoms with Gasteiger partial charge in [0.2, 0.25) is 0 Å². The Bertz CT molecular complexity index is 696. The predicted molar refractivity (Wildman–Crippen MR) is 108 cm³/mol. The average molecular weight is 350 g/mol. The molecule has 2 aromatic carbocycles. The van der Waals surface area contributed by atoms with Crippen LogP contribution in [-0.4, -0.2) is 19.0 Å². The van der Waals surface area contributed by atoms with Crippen LogP contribution in [0.25, 0.3) is 12.2 Å². The summed E-state index contributed by atoms with van der Waals surface area (Å²) in [4.78, 5) is 12.1. The summed E-state index contributed by atoms with van der Waals surface area (Å²) in [7, 11) is 0. The molecule has 2 rings (SSSR count). The molecule has 0 radical (unpaired) electrons. The number of hydrogen-bond donors (Lipinski definition) is 0. The van der Waals surface area contributed by atoms with Crippen molar-refractivity contribution in [3.63, 3.8) is 0 Å². The first-order valence-corrected chi connectivity index (χ1v) is 8.95. The highest BCUT2D eigenvalue weighted by Gasteiger charge is 2.06. The van der Waals surface area contributed by atoms with Gasteiger partial charge >= 0.3 is 0 Å². The molecular formula is C23H26O3. The second-order valence-electron chi connectivity index (χ2n) is 5.81. The highest BCUT2D eigenvalue weighted by molar-refractivity contribution is 5.78. The van der Waals surface area contributed by atoms with Crippen LogP contribution in [0.4, 0.5) is 0 Å². The number of ether oxygens (including phenoxy) is 2. The number of allylic oxidation sites excluding steroid dienone is 2. The van der Waals surface area contributed by atoms with Crippen LogP contribution in [0.1, 0.15) is 37.8 Å². The Morgan fingerprint density at radius 1 is 0.769 bits per heavy atom. The third-order valence-corrected chi connectivity index (χ3v) is 3.81. The van der Waals surface area contributed by atoms with Crippen molar-refractivity contribution in [2.75, 3.05) is 13.2 Å². The van der Waals surface area contributed by atoms with Gasteiger partial charge in [-0.3, -0.25) is 4.79 Å². The molecule has 0 saturated heterocycles. The van der Waals surface area contributed by atoms with Gasteiger partial charge in [0.15, 0.2) is 0 Å². The zero-order chi connectivity index (χ0) is 18.6. The Kier molecular flexibility index (Phi) is 8.20. The molecule has 0 unspecified atom stereocenters. The first-order chi connectivity index (χ1) is 12.7. The molecule has 3 heteroatoms. The summed E-state index contributed by atoms with van der Waals surface area (Å²) >= 11 is 0. The molecule has 0 bridgehead atoms. The molecule has 0 aliphatic heterocycles. The molecule has 136 valence electrons. The van der Waals surface area contributed by atoms with Crippen LogP contribution in [-0.2, 0) is 4.79 Å². The molecule has 0 fully saturated rings. The predicted octanol–water partition coefficient (Wildman–Crippen LogP) is 5.56. The molecule has 3 nitrogen and oxygen atoms in total. The van der Waals surface area contributed by atoms with Crippen molar-refractivity contribution >= 4 is 17.9 Å². The first kappa shape index (κ1) is 19.5. The quantitative estimate of drug-likeness (QED) is 0.563. The molecular weight excluding hydrogens is 324 g/mol. The number of rotatable bonds is 10. The summed E-state index contributed by atoms with van der Waals surface area (Å²) in [5.41, 5.74) is 2.04. The van der Waals surface area contributed by atoms with Crippen LogP contribution >= 0.6 is 0 Å².